The molecule has 1 aliphatic rings. The van der Waals surface area contributed by atoms with Crippen molar-refractivity contribution in [1.82, 2.24) is 5.32 Å². The molecule has 2 aromatic rings. The molecular formula is C17H21NO2. The minimum Gasteiger partial charge on any atom is -0.490 e. The van der Waals surface area contributed by atoms with Crippen molar-refractivity contribution in [3.63, 3.8) is 0 Å². The molecule has 2 unspecified atom stereocenters. The summed E-state index contributed by atoms with van der Waals surface area (Å²) in [4.78, 5) is 0. The number of aryl methyl sites for hydroxylation is 2. The summed E-state index contributed by atoms with van der Waals surface area (Å²) in [5.74, 6) is 2.96. The van der Waals surface area contributed by atoms with E-state index in [4.69, 9.17) is 9.15 Å². The molecule has 3 heteroatoms. The van der Waals surface area contributed by atoms with Crippen molar-refractivity contribution in [2.45, 2.75) is 39.3 Å². The lowest BCUT2D eigenvalue weighted by Gasteiger charge is -2.17. The number of fused-ring (bicyclic) bond motifs is 1. The van der Waals surface area contributed by atoms with Gasteiger partial charge in [-0.2, -0.15) is 0 Å². The van der Waals surface area contributed by atoms with Gasteiger partial charge in [0.25, 0.3) is 0 Å². The first-order valence-electron chi connectivity index (χ1n) is 7.12. The fourth-order valence-electron chi connectivity index (χ4n) is 3.06. The normalized spacial score (nSPS) is 18.7. The number of ether oxygens (including phenoxy) is 1. The van der Waals surface area contributed by atoms with Gasteiger partial charge in [0.15, 0.2) is 0 Å². The van der Waals surface area contributed by atoms with Gasteiger partial charge in [-0.3, -0.25) is 0 Å². The van der Waals surface area contributed by atoms with Gasteiger partial charge in [0.1, 0.15) is 23.4 Å². The molecular weight excluding hydrogens is 250 g/mol. The SMILES string of the molecule is CNC(c1ccc2c(c1)CC(C)O2)c1cc(C)oc1C. The van der Waals surface area contributed by atoms with Crippen LogP contribution in [0.1, 0.15) is 41.2 Å². The van der Waals surface area contributed by atoms with Crippen molar-refractivity contribution in [1.29, 1.82) is 0 Å². The maximum Gasteiger partial charge on any atom is 0.123 e. The lowest BCUT2D eigenvalue weighted by atomic mass is 9.96. The second kappa shape index (κ2) is 4.98. The Labute approximate surface area is 119 Å². The van der Waals surface area contributed by atoms with Crippen LogP contribution in [0, 0.1) is 13.8 Å². The Morgan fingerprint density at radius 1 is 1.25 bits per heavy atom. The predicted molar refractivity (Wildman–Crippen MR) is 79.3 cm³/mol. The molecule has 20 heavy (non-hydrogen) atoms. The van der Waals surface area contributed by atoms with E-state index in [1.54, 1.807) is 0 Å². The quantitative estimate of drug-likeness (QED) is 0.927. The molecule has 2 atom stereocenters. The summed E-state index contributed by atoms with van der Waals surface area (Å²) >= 11 is 0. The van der Waals surface area contributed by atoms with Crippen LogP contribution in [-0.4, -0.2) is 13.2 Å². The summed E-state index contributed by atoms with van der Waals surface area (Å²) in [6, 6.07) is 8.75. The summed E-state index contributed by atoms with van der Waals surface area (Å²) in [5, 5.41) is 3.39. The molecule has 3 nitrogen and oxygen atoms in total. The molecule has 0 amide bonds. The zero-order valence-corrected chi connectivity index (χ0v) is 12.5. The number of furan rings is 1. The monoisotopic (exact) mass is 271 g/mol. The third-order valence-corrected chi connectivity index (χ3v) is 3.93. The Balaban J connectivity index is 1.98. The Morgan fingerprint density at radius 2 is 2.05 bits per heavy atom. The molecule has 0 spiro atoms. The van der Waals surface area contributed by atoms with Crippen LogP contribution < -0.4 is 10.1 Å². The summed E-state index contributed by atoms with van der Waals surface area (Å²) < 4.78 is 11.4. The molecule has 0 bridgehead atoms. The van der Waals surface area contributed by atoms with E-state index in [0.717, 1.165) is 23.7 Å². The van der Waals surface area contributed by atoms with Crippen molar-refractivity contribution < 1.29 is 9.15 Å². The topological polar surface area (TPSA) is 34.4 Å². The van der Waals surface area contributed by atoms with Gasteiger partial charge in [0, 0.05) is 12.0 Å². The van der Waals surface area contributed by atoms with Crippen molar-refractivity contribution in [2.24, 2.45) is 0 Å². The zero-order chi connectivity index (χ0) is 14.3. The molecule has 2 heterocycles. The molecule has 0 saturated heterocycles. The molecule has 106 valence electrons. The van der Waals surface area contributed by atoms with E-state index in [0.29, 0.717) is 0 Å². The molecule has 0 saturated carbocycles. The Morgan fingerprint density at radius 3 is 2.70 bits per heavy atom. The van der Waals surface area contributed by atoms with E-state index < -0.39 is 0 Å². The van der Waals surface area contributed by atoms with Crippen LogP contribution in [0.15, 0.2) is 28.7 Å². The molecule has 0 aliphatic carbocycles. The highest BCUT2D eigenvalue weighted by molar-refractivity contribution is 5.44. The van der Waals surface area contributed by atoms with E-state index in [1.807, 2.05) is 20.9 Å². The third kappa shape index (κ3) is 2.22. The Bertz CT molecular complexity index is 630. The predicted octanol–water partition coefficient (Wildman–Crippen LogP) is 3.53. The van der Waals surface area contributed by atoms with Crippen LogP contribution in [0.3, 0.4) is 0 Å². The molecule has 0 radical (unpaired) electrons. The fraction of sp³-hybridized carbons (Fsp3) is 0.412. The van der Waals surface area contributed by atoms with E-state index in [9.17, 15) is 0 Å². The summed E-state index contributed by atoms with van der Waals surface area (Å²) in [6.07, 6.45) is 1.27. The first-order chi connectivity index (χ1) is 9.58. The van der Waals surface area contributed by atoms with Crippen LogP contribution >= 0.6 is 0 Å². The maximum absolute atomic E-state index is 5.77. The van der Waals surface area contributed by atoms with Gasteiger partial charge in [-0.05, 0) is 51.1 Å². The number of nitrogens with one attached hydrogen (secondary N) is 1. The highest BCUT2D eigenvalue weighted by Gasteiger charge is 2.23. The minimum absolute atomic E-state index is 0.161. The lowest BCUT2D eigenvalue weighted by molar-refractivity contribution is 0.254. The zero-order valence-electron chi connectivity index (χ0n) is 12.5. The Kier molecular flexibility index (Phi) is 3.30. The van der Waals surface area contributed by atoms with Crippen LogP contribution in [-0.2, 0) is 6.42 Å². The van der Waals surface area contributed by atoms with Gasteiger partial charge in [-0.15, -0.1) is 0 Å². The molecule has 1 aromatic heterocycles. The maximum atomic E-state index is 5.77. The highest BCUT2D eigenvalue weighted by Crippen LogP contribution is 2.34. The second-order valence-corrected chi connectivity index (χ2v) is 5.59. The first-order valence-corrected chi connectivity index (χ1v) is 7.12. The van der Waals surface area contributed by atoms with Gasteiger partial charge in [0.2, 0.25) is 0 Å². The van der Waals surface area contributed by atoms with Gasteiger partial charge in [-0.25, -0.2) is 0 Å². The van der Waals surface area contributed by atoms with Gasteiger partial charge >= 0.3 is 0 Å². The standard InChI is InChI=1S/C17H21NO2/c1-10-7-14-9-13(5-6-16(14)20-10)17(18-4)15-8-11(2)19-12(15)3/h5-6,8-10,17-18H,7H2,1-4H3. The lowest BCUT2D eigenvalue weighted by Crippen LogP contribution is -2.18. The average Bonchev–Trinajstić information content (AvgIpc) is 2.92. The number of hydrogen-bond acceptors (Lipinski definition) is 3. The third-order valence-electron chi connectivity index (χ3n) is 3.93. The number of benzene rings is 1. The van der Waals surface area contributed by atoms with E-state index in [1.165, 1.54) is 16.7 Å². The molecule has 3 rings (SSSR count). The van der Waals surface area contributed by atoms with Gasteiger partial charge in [-0.1, -0.05) is 12.1 Å². The molecule has 1 aliphatic heterocycles. The second-order valence-electron chi connectivity index (χ2n) is 5.59. The summed E-state index contributed by atoms with van der Waals surface area (Å²) in [6.45, 7) is 6.12. The largest absolute Gasteiger partial charge is 0.490 e. The summed E-state index contributed by atoms with van der Waals surface area (Å²) in [7, 11) is 1.98. The Hall–Kier alpha value is -1.74. The highest BCUT2D eigenvalue weighted by atomic mass is 16.5. The molecule has 1 aromatic carbocycles. The average molecular weight is 271 g/mol. The smallest absolute Gasteiger partial charge is 0.123 e. The number of hydrogen-bond donors (Lipinski definition) is 1. The minimum atomic E-state index is 0.161. The van der Waals surface area contributed by atoms with Crippen molar-refractivity contribution in [2.75, 3.05) is 7.05 Å². The first kappa shape index (κ1) is 13.3. The van der Waals surface area contributed by atoms with Crippen molar-refractivity contribution >= 4 is 0 Å². The van der Waals surface area contributed by atoms with E-state index >= 15 is 0 Å². The van der Waals surface area contributed by atoms with Gasteiger partial charge in [0.05, 0.1) is 6.04 Å². The van der Waals surface area contributed by atoms with Crippen LogP contribution in [0.5, 0.6) is 5.75 Å². The fourth-order valence-corrected chi connectivity index (χ4v) is 3.06. The van der Waals surface area contributed by atoms with Crippen LogP contribution in [0.25, 0.3) is 0 Å². The van der Waals surface area contributed by atoms with Crippen molar-refractivity contribution in [3.05, 3.63) is 52.5 Å². The number of rotatable bonds is 3. The van der Waals surface area contributed by atoms with Crippen LogP contribution in [0.2, 0.25) is 0 Å². The van der Waals surface area contributed by atoms with Gasteiger partial charge < -0.3 is 14.5 Å². The van der Waals surface area contributed by atoms with Crippen molar-refractivity contribution in [3.8, 4) is 5.75 Å². The molecule has 0 fully saturated rings. The van der Waals surface area contributed by atoms with Crippen LogP contribution in [0.4, 0.5) is 0 Å². The summed E-state index contributed by atoms with van der Waals surface area (Å²) in [5.41, 5.74) is 3.76. The van der Waals surface area contributed by atoms with E-state index in [2.05, 4.69) is 36.5 Å². The van der Waals surface area contributed by atoms with E-state index in [-0.39, 0.29) is 12.1 Å². The molecule has 1 N–H and O–H groups in total.